The van der Waals surface area contributed by atoms with E-state index in [0.717, 1.165) is 27.8 Å². The highest BCUT2D eigenvalue weighted by molar-refractivity contribution is 5.85. The lowest BCUT2D eigenvalue weighted by Gasteiger charge is -2.28. The number of hydroxylamine groups is 1. The largest absolute Gasteiger partial charge is 0.459 e. The average Bonchev–Trinajstić information content (AvgIpc) is 3.08. The number of urea groups is 1. The molecule has 0 aliphatic heterocycles. The van der Waals surface area contributed by atoms with Crippen LogP contribution < -0.4 is 10.8 Å². The minimum Gasteiger partial charge on any atom is -0.459 e. The third-order valence-corrected chi connectivity index (χ3v) is 7.13. The number of rotatable bonds is 15. The van der Waals surface area contributed by atoms with Gasteiger partial charge in [0.1, 0.15) is 12.6 Å². The molecule has 0 heterocycles. The predicted octanol–water partition coefficient (Wildman–Crippen LogP) is 5.28. The molecule has 0 saturated carbocycles. The van der Waals surface area contributed by atoms with Crippen molar-refractivity contribution in [2.24, 2.45) is 5.92 Å². The van der Waals surface area contributed by atoms with Crippen LogP contribution in [0, 0.1) is 5.92 Å². The van der Waals surface area contributed by atoms with Crippen LogP contribution in [0.2, 0.25) is 0 Å². The smallest absolute Gasteiger partial charge is 0.329 e. The normalized spacial score (nSPS) is 12.2. The van der Waals surface area contributed by atoms with E-state index in [-0.39, 0.29) is 38.6 Å². The van der Waals surface area contributed by atoms with Gasteiger partial charge in [0.25, 0.3) is 5.91 Å². The SMILES string of the molecule is CC(C)CN(C[C@H](O)C(=O)NOCc1ccccc1)C(=O)N[C@@H](Cc1ccc(-c2ccccc2)cc1)C(=O)OCc1ccccc1. The monoisotopic (exact) mass is 623 g/mol. The van der Waals surface area contributed by atoms with Crippen LogP contribution in [0.1, 0.15) is 30.5 Å². The fourth-order valence-corrected chi connectivity index (χ4v) is 4.77. The van der Waals surface area contributed by atoms with Crippen molar-refractivity contribution in [2.45, 2.75) is 45.6 Å². The van der Waals surface area contributed by atoms with E-state index in [2.05, 4.69) is 10.8 Å². The Bertz CT molecular complexity index is 1520. The maximum atomic E-state index is 13.6. The van der Waals surface area contributed by atoms with Gasteiger partial charge >= 0.3 is 12.0 Å². The maximum absolute atomic E-state index is 13.6. The van der Waals surface area contributed by atoms with E-state index in [1.54, 1.807) is 0 Å². The summed E-state index contributed by atoms with van der Waals surface area (Å²) < 4.78 is 5.62. The number of hydrogen-bond acceptors (Lipinski definition) is 6. The second-order valence-electron chi connectivity index (χ2n) is 11.4. The Morgan fingerprint density at radius 2 is 1.24 bits per heavy atom. The summed E-state index contributed by atoms with van der Waals surface area (Å²) in [5, 5.41) is 13.5. The average molecular weight is 624 g/mol. The second-order valence-corrected chi connectivity index (χ2v) is 11.4. The first-order valence-electron chi connectivity index (χ1n) is 15.3. The van der Waals surface area contributed by atoms with Crippen LogP contribution in [0.15, 0.2) is 115 Å². The highest BCUT2D eigenvalue weighted by atomic mass is 16.7. The minimum absolute atomic E-state index is 0.0179. The molecule has 0 spiro atoms. The molecule has 0 aliphatic carbocycles. The van der Waals surface area contributed by atoms with E-state index in [9.17, 15) is 19.5 Å². The van der Waals surface area contributed by atoms with Gasteiger partial charge < -0.3 is 20.1 Å². The molecule has 0 aromatic heterocycles. The topological polar surface area (TPSA) is 117 Å². The molecule has 0 saturated heterocycles. The highest BCUT2D eigenvalue weighted by Gasteiger charge is 2.28. The molecule has 3 amide bonds. The summed E-state index contributed by atoms with van der Waals surface area (Å²) in [4.78, 5) is 46.1. The number of aliphatic hydroxyl groups is 1. The van der Waals surface area contributed by atoms with Crippen LogP contribution in [-0.4, -0.2) is 53.1 Å². The molecule has 0 bridgehead atoms. The zero-order valence-electron chi connectivity index (χ0n) is 26.2. The van der Waals surface area contributed by atoms with Gasteiger partial charge in [-0.25, -0.2) is 15.1 Å². The molecule has 240 valence electrons. The van der Waals surface area contributed by atoms with Gasteiger partial charge in [-0.15, -0.1) is 0 Å². The number of ether oxygens (including phenoxy) is 1. The van der Waals surface area contributed by atoms with Crippen molar-refractivity contribution in [3.8, 4) is 11.1 Å². The molecule has 0 fully saturated rings. The predicted molar refractivity (Wildman–Crippen MR) is 176 cm³/mol. The first-order chi connectivity index (χ1) is 22.3. The molecule has 2 atom stereocenters. The van der Waals surface area contributed by atoms with Gasteiger partial charge in [0.2, 0.25) is 0 Å². The number of carbonyl (C=O) groups excluding carboxylic acids is 3. The first kappa shape index (κ1) is 33.9. The number of carbonyl (C=O) groups is 3. The molecule has 4 aromatic carbocycles. The number of nitrogens with one attached hydrogen (secondary N) is 2. The summed E-state index contributed by atoms with van der Waals surface area (Å²) in [7, 11) is 0. The Morgan fingerprint density at radius 1 is 0.696 bits per heavy atom. The molecule has 0 aliphatic rings. The van der Waals surface area contributed by atoms with E-state index in [4.69, 9.17) is 9.57 Å². The van der Waals surface area contributed by atoms with Gasteiger partial charge in [-0.3, -0.25) is 9.63 Å². The summed E-state index contributed by atoms with van der Waals surface area (Å²) in [5.41, 5.74) is 6.83. The molecular formula is C37H41N3O6. The molecule has 4 rings (SSSR count). The molecule has 0 unspecified atom stereocenters. The van der Waals surface area contributed by atoms with Crippen molar-refractivity contribution in [2.75, 3.05) is 13.1 Å². The number of benzene rings is 4. The molecule has 46 heavy (non-hydrogen) atoms. The molecule has 0 radical (unpaired) electrons. The Balaban J connectivity index is 1.43. The van der Waals surface area contributed by atoms with Crippen molar-refractivity contribution in [1.29, 1.82) is 0 Å². The lowest BCUT2D eigenvalue weighted by Crippen LogP contribution is -2.53. The van der Waals surface area contributed by atoms with Crippen molar-refractivity contribution in [3.63, 3.8) is 0 Å². The van der Waals surface area contributed by atoms with Crippen LogP contribution in [0.25, 0.3) is 11.1 Å². The second kappa shape index (κ2) is 17.5. The van der Waals surface area contributed by atoms with E-state index in [1.807, 2.05) is 129 Å². The van der Waals surface area contributed by atoms with Crippen molar-refractivity contribution >= 4 is 17.9 Å². The van der Waals surface area contributed by atoms with E-state index in [1.165, 1.54) is 4.90 Å². The first-order valence-corrected chi connectivity index (χ1v) is 15.3. The van der Waals surface area contributed by atoms with Crippen molar-refractivity contribution in [3.05, 3.63) is 132 Å². The highest BCUT2D eigenvalue weighted by Crippen LogP contribution is 2.20. The molecular weight excluding hydrogens is 582 g/mol. The zero-order valence-corrected chi connectivity index (χ0v) is 26.2. The van der Waals surface area contributed by atoms with Gasteiger partial charge in [-0.1, -0.05) is 129 Å². The Labute approximate surface area is 270 Å². The summed E-state index contributed by atoms with van der Waals surface area (Å²) in [6.45, 7) is 3.93. The summed E-state index contributed by atoms with van der Waals surface area (Å²) >= 11 is 0. The summed E-state index contributed by atoms with van der Waals surface area (Å²) in [6, 6.07) is 34.6. The maximum Gasteiger partial charge on any atom is 0.329 e. The third kappa shape index (κ3) is 10.9. The van der Waals surface area contributed by atoms with E-state index >= 15 is 0 Å². The van der Waals surface area contributed by atoms with Crippen LogP contribution in [0.3, 0.4) is 0 Å². The number of hydrogen-bond donors (Lipinski definition) is 3. The van der Waals surface area contributed by atoms with Gasteiger partial charge in [-0.05, 0) is 33.7 Å². The lowest BCUT2D eigenvalue weighted by molar-refractivity contribution is -0.147. The number of aliphatic hydroxyl groups excluding tert-OH is 1. The van der Waals surface area contributed by atoms with E-state index in [0.29, 0.717) is 0 Å². The molecule has 9 heteroatoms. The number of amides is 3. The van der Waals surface area contributed by atoms with Gasteiger partial charge in [0.05, 0.1) is 13.2 Å². The zero-order chi connectivity index (χ0) is 32.7. The van der Waals surface area contributed by atoms with Crippen LogP contribution in [0.4, 0.5) is 4.79 Å². The Hall–Kier alpha value is -4.99. The van der Waals surface area contributed by atoms with Crippen LogP contribution in [-0.2, 0) is 38.8 Å². The molecule has 9 nitrogen and oxygen atoms in total. The fourth-order valence-electron chi connectivity index (χ4n) is 4.77. The third-order valence-electron chi connectivity index (χ3n) is 7.13. The Morgan fingerprint density at radius 3 is 1.83 bits per heavy atom. The number of esters is 1. The fraction of sp³-hybridized carbons (Fsp3) is 0.270. The van der Waals surface area contributed by atoms with E-state index < -0.39 is 30.1 Å². The van der Waals surface area contributed by atoms with Crippen molar-refractivity contribution in [1.82, 2.24) is 15.7 Å². The van der Waals surface area contributed by atoms with Gasteiger partial charge in [0, 0.05) is 13.0 Å². The molecule has 3 N–H and O–H groups in total. The van der Waals surface area contributed by atoms with Gasteiger partial charge in [-0.2, -0.15) is 0 Å². The quantitative estimate of drug-likeness (QED) is 0.123. The Kier molecular flexibility index (Phi) is 12.9. The van der Waals surface area contributed by atoms with Crippen molar-refractivity contribution < 1.29 is 29.1 Å². The molecule has 4 aromatic rings. The van der Waals surface area contributed by atoms with Crippen LogP contribution in [0.5, 0.6) is 0 Å². The summed E-state index contributed by atoms with van der Waals surface area (Å²) in [5.74, 6) is -1.36. The minimum atomic E-state index is -1.56. The van der Waals surface area contributed by atoms with Crippen LogP contribution >= 0.6 is 0 Å². The lowest BCUT2D eigenvalue weighted by atomic mass is 10.0. The standard InChI is InChI=1S/C37H41N3O6/c1-27(2)23-40(24-34(41)35(42)39-46-26-30-14-8-4-9-15-30)37(44)38-33(36(43)45-25-29-12-6-3-7-13-29)22-28-18-20-32(21-19-28)31-16-10-5-11-17-31/h3-21,27,33-34,41H,22-26H2,1-2H3,(H,38,44)(H,39,42)/t33-,34-/m0/s1. The summed E-state index contributed by atoms with van der Waals surface area (Å²) in [6.07, 6.45) is -1.38. The number of nitrogens with zero attached hydrogens (tertiary/aromatic N) is 1. The van der Waals surface area contributed by atoms with Gasteiger partial charge in [0.15, 0.2) is 6.10 Å².